The molecule has 19 heavy (non-hydrogen) atoms. The second kappa shape index (κ2) is 8.16. The summed E-state index contributed by atoms with van der Waals surface area (Å²) in [6.07, 6.45) is 3.15. The van der Waals surface area contributed by atoms with Crippen LogP contribution in [0.4, 0.5) is 0 Å². The average Bonchev–Trinajstić information content (AvgIpc) is 2.45. The Balaban J connectivity index is 2.67. The third-order valence-electron chi connectivity index (χ3n) is 2.46. The summed E-state index contributed by atoms with van der Waals surface area (Å²) in [5.74, 6) is 1.19. The summed E-state index contributed by atoms with van der Waals surface area (Å²) in [5.41, 5.74) is 0.810. The average molecular weight is 265 g/mol. The summed E-state index contributed by atoms with van der Waals surface area (Å²) in [5, 5.41) is 2.70. The van der Waals surface area contributed by atoms with Gasteiger partial charge < -0.3 is 19.5 Å². The van der Waals surface area contributed by atoms with Gasteiger partial charge in [-0.3, -0.25) is 4.79 Å². The van der Waals surface area contributed by atoms with Crippen molar-refractivity contribution in [3.05, 3.63) is 29.8 Å². The van der Waals surface area contributed by atoms with E-state index in [1.54, 1.807) is 33.5 Å². The zero-order chi connectivity index (χ0) is 14.1. The van der Waals surface area contributed by atoms with Crippen molar-refractivity contribution < 1.29 is 19.0 Å². The summed E-state index contributed by atoms with van der Waals surface area (Å²) in [4.78, 5) is 11.5. The minimum Gasteiger partial charge on any atom is -0.497 e. The number of carbonyl (C=O) groups is 1. The first-order valence-corrected chi connectivity index (χ1v) is 5.88. The summed E-state index contributed by atoms with van der Waals surface area (Å²) in [6, 6.07) is 5.41. The number of methoxy groups -OCH3 is 3. The predicted octanol–water partition coefficient (Wildman–Crippen LogP) is 1.48. The Labute approximate surface area is 113 Å². The molecule has 5 nitrogen and oxygen atoms in total. The highest BCUT2D eigenvalue weighted by molar-refractivity contribution is 5.92. The smallest absolute Gasteiger partial charge is 0.244 e. The molecule has 0 saturated heterocycles. The maximum Gasteiger partial charge on any atom is 0.244 e. The van der Waals surface area contributed by atoms with Crippen LogP contribution in [0.3, 0.4) is 0 Å². The first-order chi connectivity index (χ1) is 9.21. The molecule has 0 aromatic heterocycles. The van der Waals surface area contributed by atoms with Crippen molar-refractivity contribution in [3.8, 4) is 11.5 Å². The SMILES string of the molecule is COCCNC(=O)C=Cc1ccc(OC)cc1OC. The Kier molecular flexibility index (Phi) is 6.46. The van der Waals surface area contributed by atoms with E-state index >= 15 is 0 Å². The Morgan fingerprint density at radius 2 is 2.05 bits per heavy atom. The van der Waals surface area contributed by atoms with Gasteiger partial charge in [-0.1, -0.05) is 0 Å². The van der Waals surface area contributed by atoms with Crippen LogP contribution in [0.15, 0.2) is 24.3 Å². The van der Waals surface area contributed by atoms with E-state index in [9.17, 15) is 4.79 Å². The molecule has 1 N–H and O–H groups in total. The highest BCUT2D eigenvalue weighted by Gasteiger charge is 2.02. The molecular weight excluding hydrogens is 246 g/mol. The van der Waals surface area contributed by atoms with Gasteiger partial charge in [0.15, 0.2) is 0 Å². The Bertz CT molecular complexity index is 443. The maximum atomic E-state index is 11.5. The minimum atomic E-state index is -0.171. The van der Waals surface area contributed by atoms with E-state index in [0.717, 1.165) is 5.56 Å². The fourth-order valence-electron chi connectivity index (χ4n) is 1.46. The normalized spacial score (nSPS) is 10.5. The fourth-order valence-corrected chi connectivity index (χ4v) is 1.46. The van der Waals surface area contributed by atoms with Gasteiger partial charge in [-0.25, -0.2) is 0 Å². The van der Waals surface area contributed by atoms with E-state index in [-0.39, 0.29) is 5.91 Å². The van der Waals surface area contributed by atoms with Crippen molar-refractivity contribution in [1.29, 1.82) is 0 Å². The molecule has 5 heteroatoms. The molecule has 0 saturated carbocycles. The first kappa shape index (κ1) is 15.0. The summed E-state index contributed by atoms with van der Waals surface area (Å²) in [6.45, 7) is 0.977. The largest absolute Gasteiger partial charge is 0.497 e. The third kappa shape index (κ3) is 5.01. The molecule has 1 aromatic carbocycles. The number of amides is 1. The summed E-state index contributed by atoms with van der Waals surface area (Å²) < 4.78 is 15.2. The zero-order valence-corrected chi connectivity index (χ0v) is 11.4. The lowest BCUT2D eigenvalue weighted by atomic mass is 10.1. The quantitative estimate of drug-likeness (QED) is 0.599. The third-order valence-corrected chi connectivity index (χ3v) is 2.46. The monoisotopic (exact) mass is 265 g/mol. The van der Waals surface area contributed by atoms with E-state index in [1.807, 2.05) is 12.1 Å². The van der Waals surface area contributed by atoms with E-state index in [2.05, 4.69) is 5.32 Å². The van der Waals surface area contributed by atoms with Gasteiger partial charge >= 0.3 is 0 Å². The van der Waals surface area contributed by atoms with Gasteiger partial charge in [0, 0.05) is 31.4 Å². The summed E-state index contributed by atoms with van der Waals surface area (Å²) >= 11 is 0. The molecule has 1 amide bonds. The molecule has 0 aliphatic carbocycles. The van der Waals surface area contributed by atoms with Crippen LogP contribution in [-0.4, -0.2) is 40.4 Å². The molecule has 0 heterocycles. The van der Waals surface area contributed by atoms with E-state index in [1.165, 1.54) is 6.08 Å². The number of hydrogen-bond donors (Lipinski definition) is 1. The van der Waals surface area contributed by atoms with Crippen LogP contribution in [0.25, 0.3) is 6.08 Å². The van der Waals surface area contributed by atoms with Crippen LogP contribution in [-0.2, 0) is 9.53 Å². The molecule has 1 aromatic rings. The number of carbonyl (C=O) groups excluding carboxylic acids is 1. The Hall–Kier alpha value is -2.01. The van der Waals surface area contributed by atoms with Crippen LogP contribution in [0.1, 0.15) is 5.56 Å². The van der Waals surface area contributed by atoms with Gasteiger partial charge in [-0.2, -0.15) is 0 Å². The van der Waals surface area contributed by atoms with Gasteiger partial charge in [-0.15, -0.1) is 0 Å². The second-order valence-corrected chi connectivity index (χ2v) is 3.73. The molecule has 1 rings (SSSR count). The van der Waals surface area contributed by atoms with Gasteiger partial charge in [-0.05, 0) is 18.2 Å². The molecule has 0 fully saturated rings. The van der Waals surface area contributed by atoms with E-state index in [0.29, 0.717) is 24.7 Å². The first-order valence-electron chi connectivity index (χ1n) is 5.88. The molecule has 0 aliphatic heterocycles. The molecule has 0 unspecified atom stereocenters. The highest BCUT2D eigenvalue weighted by atomic mass is 16.5. The number of ether oxygens (including phenoxy) is 3. The molecule has 0 atom stereocenters. The molecular formula is C14H19NO4. The summed E-state index contributed by atoms with van der Waals surface area (Å²) in [7, 11) is 4.75. The van der Waals surface area contributed by atoms with Gasteiger partial charge in [0.05, 0.1) is 20.8 Å². The van der Waals surface area contributed by atoms with Crippen LogP contribution in [0.5, 0.6) is 11.5 Å². The standard InChI is InChI=1S/C14H19NO4/c1-17-9-8-15-14(16)7-5-11-4-6-12(18-2)10-13(11)19-3/h4-7,10H,8-9H2,1-3H3,(H,15,16). The number of nitrogens with one attached hydrogen (secondary N) is 1. The number of hydrogen-bond acceptors (Lipinski definition) is 4. The van der Waals surface area contributed by atoms with E-state index < -0.39 is 0 Å². The topological polar surface area (TPSA) is 56.8 Å². The molecule has 104 valence electrons. The zero-order valence-electron chi connectivity index (χ0n) is 11.4. The van der Waals surface area contributed by atoms with Crippen molar-refractivity contribution >= 4 is 12.0 Å². The number of rotatable bonds is 7. The molecule has 0 bridgehead atoms. The van der Waals surface area contributed by atoms with E-state index in [4.69, 9.17) is 14.2 Å². The highest BCUT2D eigenvalue weighted by Crippen LogP contribution is 2.25. The van der Waals surface area contributed by atoms with Crippen molar-refractivity contribution in [2.45, 2.75) is 0 Å². The molecule has 0 radical (unpaired) electrons. The predicted molar refractivity (Wildman–Crippen MR) is 73.5 cm³/mol. The van der Waals surface area contributed by atoms with Crippen LogP contribution in [0, 0.1) is 0 Å². The Morgan fingerprint density at radius 3 is 2.68 bits per heavy atom. The lowest BCUT2D eigenvalue weighted by molar-refractivity contribution is -0.116. The van der Waals surface area contributed by atoms with Gasteiger partial charge in [0.2, 0.25) is 5.91 Å². The van der Waals surface area contributed by atoms with Gasteiger partial charge in [0.25, 0.3) is 0 Å². The van der Waals surface area contributed by atoms with Crippen LogP contribution >= 0.6 is 0 Å². The lowest BCUT2D eigenvalue weighted by Crippen LogP contribution is -2.24. The Morgan fingerprint density at radius 1 is 1.26 bits per heavy atom. The lowest BCUT2D eigenvalue weighted by Gasteiger charge is -2.07. The maximum absolute atomic E-state index is 11.5. The molecule has 0 spiro atoms. The van der Waals surface area contributed by atoms with Crippen molar-refractivity contribution in [3.63, 3.8) is 0 Å². The van der Waals surface area contributed by atoms with Crippen molar-refractivity contribution in [2.24, 2.45) is 0 Å². The van der Waals surface area contributed by atoms with Crippen LogP contribution in [0.2, 0.25) is 0 Å². The molecule has 0 aliphatic rings. The number of benzene rings is 1. The second-order valence-electron chi connectivity index (χ2n) is 3.73. The minimum absolute atomic E-state index is 0.171. The fraction of sp³-hybridized carbons (Fsp3) is 0.357. The van der Waals surface area contributed by atoms with Crippen LogP contribution < -0.4 is 14.8 Å². The van der Waals surface area contributed by atoms with Crippen molar-refractivity contribution in [2.75, 3.05) is 34.5 Å². The van der Waals surface area contributed by atoms with Gasteiger partial charge in [0.1, 0.15) is 11.5 Å². The van der Waals surface area contributed by atoms with Crippen molar-refractivity contribution in [1.82, 2.24) is 5.32 Å².